The van der Waals surface area contributed by atoms with E-state index in [0.29, 0.717) is 0 Å². The summed E-state index contributed by atoms with van der Waals surface area (Å²) in [5.41, 5.74) is 0. The Morgan fingerprint density at radius 2 is 0.608 bits per heavy atom. The molecule has 7 heteroatoms. The van der Waals surface area contributed by atoms with Gasteiger partial charge in [-0.3, -0.25) is 0 Å². The van der Waals surface area contributed by atoms with Crippen LogP contribution in [-0.4, -0.2) is 8.11 Å². The number of benzene rings is 4. The van der Waals surface area contributed by atoms with Gasteiger partial charge < -0.3 is 24.8 Å². The summed E-state index contributed by atoms with van der Waals surface area (Å²) in [5.74, 6) is 0. The first kappa shape index (κ1) is 24.6. The first-order valence-electron chi connectivity index (χ1n) is 19.6. The first-order valence-corrected chi connectivity index (χ1v) is 36.2. The van der Waals surface area contributed by atoms with Crippen molar-refractivity contribution in [3.63, 3.8) is 0 Å². The Labute approximate surface area is 301 Å². The molecule has 0 aliphatic carbocycles. The minimum absolute atomic E-state index is 0. The fourth-order valence-electron chi connectivity index (χ4n) is 37.2. The normalized spacial score (nSPS) is 86.2. The zero-order valence-electron chi connectivity index (χ0n) is 27.5. The van der Waals surface area contributed by atoms with Crippen molar-refractivity contribution in [1.82, 2.24) is 0 Å². The van der Waals surface area contributed by atoms with Crippen LogP contribution >= 0.6 is 15.8 Å². The third-order valence-corrected chi connectivity index (χ3v) is 150. The van der Waals surface area contributed by atoms with Crippen LogP contribution in [0.1, 0.15) is 0 Å². The van der Waals surface area contributed by atoms with Gasteiger partial charge in [0.05, 0.1) is 0 Å². The van der Waals surface area contributed by atoms with Gasteiger partial charge in [-0.1, -0.05) is 0 Å². The van der Waals surface area contributed by atoms with Gasteiger partial charge in [0.15, 0.2) is 0 Å². The topological polar surface area (TPSA) is 0 Å². The molecule has 20 saturated heterocycles. The molecule has 0 radical (unpaired) electrons. The molecule has 51 heavy (non-hydrogen) atoms. The minimum atomic E-state index is -3.78. The molecule has 20 heterocycles. The van der Waals surface area contributed by atoms with E-state index in [1.807, 2.05) is 21.2 Å². The molecule has 20 aliphatic rings. The number of halogens is 2. The fraction of sp³-hybridized carbons (Fsp3) is 0.455. The molecule has 0 amide bonds. The third-order valence-electron chi connectivity index (χ3n) is 34.0. The van der Waals surface area contributed by atoms with Gasteiger partial charge in [-0.25, -0.2) is 0 Å². The number of fused-ring (bicyclic) bond motifs is 20. The molecule has 10 atom stereocenters. The molecule has 0 nitrogen and oxygen atoms in total. The summed E-state index contributed by atoms with van der Waals surface area (Å²) in [7, 11) is -0.449. The number of rotatable bonds is 8. The van der Waals surface area contributed by atoms with Crippen LogP contribution in [0.4, 0.5) is 0 Å². The van der Waals surface area contributed by atoms with E-state index in [9.17, 15) is 0 Å². The molecule has 4 aromatic rings. The second-order valence-corrected chi connectivity index (χ2v) is 81.4. The summed E-state index contributed by atoms with van der Waals surface area (Å²) in [6, 6.07) is 50.2. The second kappa shape index (κ2) is 2.97. The SMILES string of the molecule is [Cl-].[Cl-].c1ccc(P(c2ccccc2)[C]23[CH]4[CH]5[CH]6[C]2([Pd+2][C]27[CH]8[CH]9[CH]%10[C]2(P(c2ccccc2)c2ccccc2)[Fe]98%1072%11%12%13[CH]7[CH]2[CH]%11[CH]%12[CH]7%13)[Fe]56432789[CH]3[CH]2[CH]7[CH]8[CH]39)cc1. The van der Waals surface area contributed by atoms with Gasteiger partial charge >= 0.3 is 280 Å². The maximum atomic E-state index is 2.67. The van der Waals surface area contributed by atoms with E-state index < -0.39 is 13.0 Å². The Bertz CT molecular complexity index is 3150. The van der Waals surface area contributed by atoms with E-state index in [2.05, 4.69) is 121 Å². The van der Waals surface area contributed by atoms with Crippen LogP contribution in [0.25, 0.3) is 0 Å². The summed E-state index contributed by atoms with van der Waals surface area (Å²) in [6.07, 6.45) is 0. The summed E-state index contributed by atoms with van der Waals surface area (Å²) in [4.78, 5) is 22.5. The average Bonchev–Trinajstić information content (AvgIpc) is 4.01. The second-order valence-electron chi connectivity index (χ2n) is 25.3. The van der Waals surface area contributed by atoms with Crippen molar-refractivity contribution in [1.29, 1.82) is 0 Å². The van der Waals surface area contributed by atoms with Crippen molar-refractivity contribution in [3.8, 4) is 0 Å². The Morgan fingerprint density at radius 1 is 0.353 bits per heavy atom. The van der Waals surface area contributed by atoms with Gasteiger partial charge in [0.1, 0.15) is 0 Å². The molecular formula is C44H36Cl2Fe2P2Pd. The molecule has 10 unspecified atom stereocenters. The van der Waals surface area contributed by atoms with Gasteiger partial charge in [0.2, 0.25) is 0 Å². The Hall–Kier alpha value is 0.0213. The first-order chi connectivity index (χ1) is 23.8. The van der Waals surface area contributed by atoms with Gasteiger partial charge in [-0.15, -0.1) is 0 Å². The zero-order chi connectivity index (χ0) is 30.2. The van der Waals surface area contributed by atoms with Crippen molar-refractivity contribution < 1.29 is 55.8 Å². The molecule has 0 N–H and O–H groups in total. The molecule has 0 saturated carbocycles. The molecule has 0 bridgehead atoms. The van der Waals surface area contributed by atoms with Crippen LogP contribution in [0.5, 0.6) is 0 Å². The van der Waals surface area contributed by atoms with Gasteiger partial charge in [-0.2, -0.15) is 0 Å². The molecule has 24 rings (SSSR count). The Balaban J connectivity index is 0.00000113. The molecule has 0 aromatic heterocycles. The van der Waals surface area contributed by atoms with Gasteiger partial charge in [0, 0.05) is 0 Å². The van der Waals surface area contributed by atoms with Crippen LogP contribution < -0.4 is 46.0 Å². The van der Waals surface area contributed by atoms with Crippen LogP contribution in [0, 0.1) is 0 Å². The predicted octanol–water partition coefficient (Wildman–Crippen LogP) is 4.59. The van der Waals surface area contributed by atoms with E-state index in [-0.39, 0.29) is 40.7 Å². The van der Waals surface area contributed by atoms with Crippen molar-refractivity contribution in [2.75, 3.05) is 0 Å². The predicted molar refractivity (Wildman–Crippen MR) is 189 cm³/mol. The molecule has 20 aliphatic heterocycles. The van der Waals surface area contributed by atoms with Crippen molar-refractivity contribution >= 4 is 37.1 Å². The molecule has 20 fully saturated rings. The Morgan fingerprint density at radius 3 is 0.824 bits per heavy atom. The quantitative estimate of drug-likeness (QED) is 0.180. The van der Waals surface area contributed by atoms with Crippen LogP contribution in [-0.2, 0) is 31.0 Å². The molecule has 4 aromatic carbocycles. The van der Waals surface area contributed by atoms with Crippen molar-refractivity contribution in [2.24, 2.45) is 0 Å². The zero-order valence-corrected chi connectivity index (χ0v) is 34.5. The van der Waals surface area contributed by atoms with Crippen molar-refractivity contribution in [2.45, 2.75) is 90.7 Å². The van der Waals surface area contributed by atoms with E-state index in [4.69, 9.17) is 0 Å². The number of hydrogen-bond donors (Lipinski definition) is 0. The fourth-order valence-corrected chi connectivity index (χ4v) is 252. The Kier molecular flexibility index (Phi) is 1.44. The van der Waals surface area contributed by atoms with Gasteiger partial charge in [-0.05, 0) is 0 Å². The van der Waals surface area contributed by atoms with Crippen LogP contribution in [0.15, 0.2) is 121 Å². The number of hydrogen-bond acceptors (Lipinski definition) is 0. The maximum absolute atomic E-state index is 3.78. The van der Waals surface area contributed by atoms with E-state index in [1.54, 1.807) is 0 Å². The third kappa shape index (κ3) is 0.427. The molecule has 2 spiro atoms. The summed E-state index contributed by atoms with van der Waals surface area (Å²) in [5, 5.41) is 7.33. The van der Waals surface area contributed by atoms with Crippen LogP contribution in [0.2, 0.25) is 82.6 Å². The van der Waals surface area contributed by atoms with E-state index in [1.165, 1.54) is 95.0 Å². The monoisotopic (exact) mass is 914 g/mol. The molecular weight excluding hydrogens is 879 g/mol. The summed E-state index contributed by atoms with van der Waals surface area (Å²) >= 11 is 1.18. The molecule has 262 valence electrons. The van der Waals surface area contributed by atoms with Gasteiger partial charge in [0.25, 0.3) is 0 Å². The van der Waals surface area contributed by atoms with E-state index in [0.717, 1.165) is 13.7 Å². The van der Waals surface area contributed by atoms with Crippen LogP contribution in [0.3, 0.4) is 0 Å². The standard InChI is InChI=1S/2C17H13P.2C5H5.2ClH.2Fe.Pd/c2*1-3-9-15(10-4-1)18(17-13-7-8-14-17)16-11-5-2-6-12-16;2*1-2-4-5-3-1;;;;;/h2*1-13H;2*1-5H;2*1H;;;/q;;;;;;;;+2/p-2. The average molecular weight is 916 g/mol. The summed E-state index contributed by atoms with van der Waals surface area (Å²) < 4.78 is 3.83. The summed E-state index contributed by atoms with van der Waals surface area (Å²) in [6.45, 7) is -7.56. The van der Waals surface area contributed by atoms with Crippen molar-refractivity contribution in [3.05, 3.63) is 121 Å². The van der Waals surface area contributed by atoms with E-state index >= 15 is 0 Å².